The molecular weight excluding hydrogens is 248 g/mol. The van der Waals surface area contributed by atoms with Crippen molar-refractivity contribution < 1.29 is 0 Å². The molecule has 1 fully saturated rings. The number of nitrogens with zero attached hydrogens (tertiary/aromatic N) is 3. The molecule has 3 atom stereocenters. The van der Waals surface area contributed by atoms with Gasteiger partial charge in [0.05, 0.1) is 12.2 Å². The van der Waals surface area contributed by atoms with Gasteiger partial charge in [0.2, 0.25) is 0 Å². The van der Waals surface area contributed by atoms with E-state index in [0.29, 0.717) is 6.04 Å². The molecule has 0 aliphatic carbocycles. The van der Waals surface area contributed by atoms with E-state index in [9.17, 15) is 0 Å². The first-order valence-corrected chi connectivity index (χ1v) is 7.97. The van der Waals surface area contributed by atoms with Gasteiger partial charge in [0.1, 0.15) is 0 Å². The van der Waals surface area contributed by atoms with Crippen LogP contribution in [-0.2, 0) is 7.05 Å². The van der Waals surface area contributed by atoms with Gasteiger partial charge >= 0.3 is 0 Å². The first-order chi connectivity index (χ1) is 9.49. The van der Waals surface area contributed by atoms with E-state index < -0.39 is 0 Å². The lowest BCUT2D eigenvalue weighted by atomic mass is 9.89. The lowest BCUT2D eigenvalue weighted by molar-refractivity contribution is 0.178. The van der Waals surface area contributed by atoms with Gasteiger partial charge in [-0.25, -0.2) is 0 Å². The third kappa shape index (κ3) is 3.61. The molecule has 1 aromatic rings. The summed E-state index contributed by atoms with van der Waals surface area (Å²) in [7, 11) is 1.97. The van der Waals surface area contributed by atoms with Crippen molar-refractivity contribution in [2.45, 2.75) is 52.1 Å². The molecule has 20 heavy (non-hydrogen) atoms. The molecule has 1 aliphatic rings. The minimum Gasteiger partial charge on any atom is -0.326 e. The zero-order valence-corrected chi connectivity index (χ0v) is 13.4. The van der Waals surface area contributed by atoms with Crippen molar-refractivity contribution in [1.82, 2.24) is 14.7 Å². The van der Waals surface area contributed by atoms with E-state index >= 15 is 0 Å². The second kappa shape index (κ2) is 6.72. The predicted molar refractivity (Wildman–Crippen MR) is 83.4 cm³/mol. The molecule has 0 amide bonds. The van der Waals surface area contributed by atoms with Gasteiger partial charge < -0.3 is 5.73 Å². The van der Waals surface area contributed by atoms with E-state index in [1.165, 1.54) is 24.8 Å². The summed E-state index contributed by atoms with van der Waals surface area (Å²) in [5, 5.41) is 4.32. The Balaban J connectivity index is 2.10. The van der Waals surface area contributed by atoms with Gasteiger partial charge in [-0.15, -0.1) is 0 Å². The standard InChI is InChI=1S/C16H30N4/c1-12(2)14-6-5-8-20(9-7-14)16(13(3)17)15-10-18-19(4)11-15/h10-14,16H,5-9,17H2,1-4H3. The van der Waals surface area contributed by atoms with Crippen LogP contribution in [0.1, 0.15) is 51.6 Å². The second-order valence-corrected chi connectivity index (χ2v) is 6.72. The van der Waals surface area contributed by atoms with E-state index in [2.05, 4.69) is 37.0 Å². The molecule has 0 saturated carbocycles. The molecular formula is C16H30N4. The Hall–Kier alpha value is -0.870. The topological polar surface area (TPSA) is 47.1 Å². The third-order valence-electron chi connectivity index (χ3n) is 4.71. The van der Waals surface area contributed by atoms with Crippen LogP contribution in [0.3, 0.4) is 0 Å². The SMILES string of the molecule is CC(C)C1CCCN(C(c2cnn(C)c2)C(C)N)CC1. The minimum absolute atomic E-state index is 0.134. The smallest absolute Gasteiger partial charge is 0.0538 e. The number of rotatable bonds is 4. The molecule has 0 bridgehead atoms. The first-order valence-electron chi connectivity index (χ1n) is 7.97. The molecule has 1 aliphatic heterocycles. The summed E-state index contributed by atoms with van der Waals surface area (Å²) in [4.78, 5) is 2.57. The molecule has 4 heteroatoms. The van der Waals surface area contributed by atoms with E-state index in [4.69, 9.17) is 5.73 Å². The van der Waals surface area contributed by atoms with Crippen LogP contribution < -0.4 is 5.73 Å². The van der Waals surface area contributed by atoms with Crippen molar-refractivity contribution in [3.05, 3.63) is 18.0 Å². The van der Waals surface area contributed by atoms with Gasteiger partial charge in [-0.05, 0) is 51.1 Å². The average molecular weight is 278 g/mol. The number of nitrogens with two attached hydrogens (primary N) is 1. The fourth-order valence-corrected chi connectivity index (χ4v) is 3.53. The van der Waals surface area contributed by atoms with E-state index in [1.54, 1.807) is 0 Å². The molecule has 3 unspecified atom stereocenters. The van der Waals surface area contributed by atoms with Gasteiger partial charge in [0.15, 0.2) is 0 Å². The Labute approximate surface area is 123 Å². The highest BCUT2D eigenvalue weighted by atomic mass is 15.3. The van der Waals surface area contributed by atoms with Gasteiger partial charge in [-0.2, -0.15) is 5.10 Å². The van der Waals surface area contributed by atoms with Crippen LogP contribution in [0.15, 0.2) is 12.4 Å². The summed E-state index contributed by atoms with van der Waals surface area (Å²) in [6.45, 7) is 9.13. The fourth-order valence-electron chi connectivity index (χ4n) is 3.53. The van der Waals surface area contributed by atoms with Gasteiger partial charge in [-0.3, -0.25) is 9.58 Å². The van der Waals surface area contributed by atoms with Crippen LogP contribution in [0.2, 0.25) is 0 Å². The van der Waals surface area contributed by atoms with Crippen LogP contribution in [0, 0.1) is 11.8 Å². The van der Waals surface area contributed by atoms with Crippen molar-refractivity contribution in [1.29, 1.82) is 0 Å². The summed E-state index contributed by atoms with van der Waals surface area (Å²) >= 11 is 0. The number of likely N-dealkylation sites (tertiary alicyclic amines) is 1. The summed E-state index contributed by atoms with van der Waals surface area (Å²) in [5.74, 6) is 1.66. The Bertz CT molecular complexity index is 410. The van der Waals surface area contributed by atoms with Crippen molar-refractivity contribution in [2.24, 2.45) is 24.6 Å². The number of hydrogen-bond acceptors (Lipinski definition) is 3. The zero-order valence-electron chi connectivity index (χ0n) is 13.4. The molecule has 2 rings (SSSR count). The summed E-state index contributed by atoms with van der Waals surface area (Å²) < 4.78 is 1.87. The maximum absolute atomic E-state index is 6.28. The summed E-state index contributed by atoms with van der Waals surface area (Å²) in [6.07, 6.45) is 8.01. The maximum atomic E-state index is 6.28. The Morgan fingerprint density at radius 1 is 1.25 bits per heavy atom. The largest absolute Gasteiger partial charge is 0.326 e. The normalized spacial score (nSPS) is 24.6. The highest BCUT2D eigenvalue weighted by Gasteiger charge is 2.28. The summed E-state index contributed by atoms with van der Waals surface area (Å²) in [6, 6.07) is 0.435. The van der Waals surface area contributed by atoms with Crippen molar-refractivity contribution >= 4 is 0 Å². The Morgan fingerprint density at radius 2 is 2.00 bits per heavy atom. The van der Waals surface area contributed by atoms with Crippen LogP contribution >= 0.6 is 0 Å². The van der Waals surface area contributed by atoms with Crippen molar-refractivity contribution in [3.63, 3.8) is 0 Å². The Kier molecular flexibility index (Phi) is 5.22. The number of aromatic nitrogens is 2. The van der Waals surface area contributed by atoms with Crippen molar-refractivity contribution in [3.8, 4) is 0 Å². The Morgan fingerprint density at radius 3 is 2.55 bits per heavy atom. The molecule has 2 heterocycles. The van der Waals surface area contributed by atoms with Crippen LogP contribution in [0.5, 0.6) is 0 Å². The summed E-state index contributed by atoms with van der Waals surface area (Å²) in [5.41, 5.74) is 7.53. The lowest BCUT2D eigenvalue weighted by Crippen LogP contribution is -2.40. The second-order valence-electron chi connectivity index (χ2n) is 6.72. The zero-order chi connectivity index (χ0) is 14.7. The first kappa shape index (κ1) is 15.5. The molecule has 1 saturated heterocycles. The van der Waals surface area contributed by atoms with Crippen LogP contribution in [0.4, 0.5) is 0 Å². The molecule has 114 valence electrons. The fraction of sp³-hybridized carbons (Fsp3) is 0.812. The quantitative estimate of drug-likeness (QED) is 0.921. The van der Waals surface area contributed by atoms with E-state index in [-0.39, 0.29) is 6.04 Å². The monoisotopic (exact) mass is 278 g/mol. The van der Waals surface area contributed by atoms with Crippen molar-refractivity contribution in [2.75, 3.05) is 13.1 Å². The highest BCUT2D eigenvalue weighted by molar-refractivity contribution is 5.13. The number of aryl methyl sites for hydroxylation is 1. The highest BCUT2D eigenvalue weighted by Crippen LogP contribution is 2.30. The molecule has 0 spiro atoms. The van der Waals surface area contributed by atoms with Gasteiger partial charge in [0, 0.05) is 24.8 Å². The van der Waals surface area contributed by atoms with Crippen LogP contribution in [-0.4, -0.2) is 33.8 Å². The molecule has 0 aromatic carbocycles. The van der Waals surface area contributed by atoms with Gasteiger partial charge in [0.25, 0.3) is 0 Å². The van der Waals surface area contributed by atoms with E-state index in [0.717, 1.165) is 24.9 Å². The lowest BCUT2D eigenvalue weighted by Gasteiger charge is -2.33. The molecule has 2 N–H and O–H groups in total. The number of hydrogen-bond donors (Lipinski definition) is 1. The van der Waals surface area contributed by atoms with Crippen LogP contribution in [0.25, 0.3) is 0 Å². The molecule has 0 radical (unpaired) electrons. The van der Waals surface area contributed by atoms with Gasteiger partial charge in [-0.1, -0.05) is 13.8 Å². The maximum Gasteiger partial charge on any atom is 0.0538 e. The minimum atomic E-state index is 0.134. The molecule has 1 aromatic heterocycles. The average Bonchev–Trinajstić information content (AvgIpc) is 2.63. The predicted octanol–water partition coefficient (Wildman–Crippen LogP) is 2.57. The molecule has 4 nitrogen and oxygen atoms in total. The third-order valence-corrected chi connectivity index (χ3v) is 4.71. The van der Waals surface area contributed by atoms with E-state index in [1.807, 2.05) is 17.9 Å².